The van der Waals surface area contributed by atoms with Gasteiger partial charge in [0.25, 0.3) is 5.91 Å². The number of ether oxygens (including phenoxy) is 2. The number of amides is 1. The van der Waals surface area contributed by atoms with Crippen LogP contribution in [0.4, 0.5) is 13.2 Å². The van der Waals surface area contributed by atoms with E-state index in [2.05, 4.69) is 15.2 Å². The Kier molecular flexibility index (Phi) is 7.06. The quantitative estimate of drug-likeness (QED) is 0.543. The third kappa shape index (κ3) is 5.29. The summed E-state index contributed by atoms with van der Waals surface area (Å²) in [6.45, 7) is -1.12. The van der Waals surface area contributed by atoms with E-state index in [1.165, 1.54) is 48.2 Å². The highest BCUT2D eigenvalue weighted by molar-refractivity contribution is 6.33. The molecule has 1 amide bonds. The molecule has 0 bridgehead atoms. The van der Waals surface area contributed by atoms with E-state index in [4.69, 9.17) is 16.3 Å². The van der Waals surface area contributed by atoms with E-state index in [0.29, 0.717) is 23.4 Å². The number of rotatable bonds is 8. The predicted octanol–water partition coefficient (Wildman–Crippen LogP) is 4.56. The van der Waals surface area contributed by atoms with Gasteiger partial charge in [-0.2, -0.15) is 13.9 Å². The second kappa shape index (κ2) is 9.74. The van der Waals surface area contributed by atoms with Crippen LogP contribution in [0.5, 0.6) is 11.5 Å². The van der Waals surface area contributed by atoms with E-state index in [0.717, 1.165) is 0 Å². The van der Waals surface area contributed by atoms with E-state index < -0.39 is 18.3 Å². The van der Waals surface area contributed by atoms with Crippen LogP contribution in [0.25, 0.3) is 5.69 Å². The lowest BCUT2D eigenvalue weighted by Crippen LogP contribution is -2.26. The van der Waals surface area contributed by atoms with E-state index in [-0.39, 0.29) is 28.8 Å². The fraction of sp³-hybridized carbons (Fsp3) is 0.238. The zero-order valence-electron chi connectivity index (χ0n) is 16.7. The van der Waals surface area contributed by atoms with Crippen molar-refractivity contribution in [2.24, 2.45) is 0 Å². The molecule has 0 fully saturated rings. The van der Waals surface area contributed by atoms with Gasteiger partial charge in [0.05, 0.1) is 24.1 Å². The molecule has 0 atom stereocenters. The van der Waals surface area contributed by atoms with Crippen molar-refractivity contribution in [2.75, 3.05) is 13.7 Å². The van der Waals surface area contributed by atoms with Crippen molar-refractivity contribution in [3.8, 4) is 17.2 Å². The minimum Gasteiger partial charge on any atom is -0.493 e. The van der Waals surface area contributed by atoms with Gasteiger partial charge in [0.1, 0.15) is 11.0 Å². The summed E-state index contributed by atoms with van der Waals surface area (Å²) in [4.78, 5) is 12.6. The molecule has 164 valence electrons. The first kappa shape index (κ1) is 22.5. The van der Waals surface area contributed by atoms with Gasteiger partial charge in [-0.3, -0.25) is 4.79 Å². The first-order valence-electron chi connectivity index (χ1n) is 9.21. The maximum atomic E-state index is 13.1. The van der Waals surface area contributed by atoms with Gasteiger partial charge in [0.2, 0.25) is 0 Å². The van der Waals surface area contributed by atoms with E-state index in [1.807, 2.05) is 0 Å². The van der Waals surface area contributed by atoms with Crippen LogP contribution in [0.2, 0.25) is 5.15 Å². The van der Waals surface area contributed by atoms with Gasteiger partial charge in [0.15, 0.2) is 11.5 Å². The standard InChI is InChI=1S/C21H19ClF3N3O3/c1-12-18(19(22)28(27-12)15-6-4-14(23)5-7-15)20(29)26-10-9-13-3-8-16(30-2)17(11-13)31-21(24)25/h3-8,11,21H,9-10H2,1-2H3,(H,26,29). The second-order valence-electron chi connectivity index (χ2n) is 6.51. The van der Waals surface area contributed by atoms with Gasteiger partial charge < -0.3 is 14.8 Å². The number of alkyl halides is 2. The Balaban J connectivity index is 1.68. The van der Waals surface area contributed by atoms with Crippen LogP contribution in [0.15, 0.2) is 42.5 Å². The summed E-state index contributed by atoms with van der Waals surface area (Å²) in [5, 5.41) is 7.09. The third-order valence-corrected chi connectivity index (χ3v) is 4.79. The van der Waals surface area contributed by atoms with Crippen molar-refractivity contribution in [1.82, 2.24) is 15.1 Å². The van der Waals surface area contributed by atoms with Crippen LogP contribution in [-0.4, -0.2) is 36.0 Å². The Hall–Kier alpha value is -3.20. The van der Waals surface area contributed by atoms with Crippen LogP contribution >= 0.6 is 11.6 Å². The molecule has 0 saturated heterocycles. The fourth-order valence-corrected chi connectivity index (χ4v) is 3.34. The monoisotopic (exact) mass is 453 g/mol. The summed E-state index contributed by atoms with van der Waals surface area (Å²) in [5.41, 5.74) is 1.78. The Bertz CT molecular complexity index is 1070. The molecular weight excluding hydrogens is 435 g/mol. The Morgan fingerprint density at radius 1 is 1.19 bits per heavy atom. The summed E-state index contributed by atoms with van der Waals surface area (Å²) in [5.74, 6) is -0.736. The summed E-state index contributed by atoms with van der Waals surface area (Å²) < 4.78 is 49.1. The average Bonchev–Trinajstić information content (AvgIpc) is 3.02. The highest BCUT2D eigenvalue weighted by Gasteiger charge is 2.21. The first-order chi connectivity index (χ1) is 14.8. The van der Waals surface area contributed by atoms with Crippen molar-refractivity contribution >= 4 is 17.5 Å². The molecule has 10 heteroatoms. The van der Waals surface area contributed by atoms with Crippen LogP contribution < -0.4 is 14.8 Å². The highest BCUT2D eigenvalue weighted by atomic mass is 35.5. The first-order valence-corrected chi connectivity index (χ1v) is 9.59. The van der Waals surface area contributed by atoms with E-state index in [1.54, 1.807) is 13.0 Å². The van der Waals surface area contributed by atoms with Crippen molar-refractivity contribution < 1.29 is 27.4 Å². The van der Waals surface area contributed by atoms with Crippen LogP contribution in [0.1, 0.15) is 21.6 Å². The summed E-state index contributed by atoms with van der Waals surface area (Å²) in [6, 6.07) is 10.2. The van der Waals surface area contributed by atoms with Crippen molar-refractivity contribution in [3.63, 3.8) is 0 Å². The minimum absolute atomic E-state index is 0.0826. The molecule has 0 saturated carbocycles. The number of aromatic nitrogens is 2. The molecule has 0 radical (unpaired) electrons. The highest BCUT2D eigenvalue weighted by Crippen LogP contribution is 2.29. The molecule has 0 aliphatic carbocycles. The van der Waals surface area contributed by atoms with Crippen molar-refractivity contribution in [1.29, 1.82) is 0 Å². The second-order valence-corrected chi connectivity index (χ2v) is 6.87. The number of halogens is 4. The molecule has 31 heavy (non-hydrogen) atoms. The molecule has 0 unspecified atom stereocenters. The third-order valence-electron chi connectivity index (χ3n) is 4.45. The lowest BCUT2D eigenvalue weighted by atomic mass is 10.1. The molecule has 0 spiro atoms. The molecule has 0 aliphatic rings. The van der Waals surface area contributed by atoms with E-state index >= 15 is 0 Å². The number of hydrogen-bond donors (Lipinski definition) is 1. The largest absolute Gasteiger partial charge is 0.493 e. The van der Waals surface area contributed by atoms with Gasteiger partial charge in [-0.05, 0) is 55.3 Å². The van der Waals surface area contributed by atoms with Crippen LogP contribution in [-0.2, 0) is 6.42 Å². The van der Waals surface area contributed by atoms with Crippen molar-refractivity contribution in [2.45, 2.75) is 20.0 Å². The summed E-state index contributed by atoms with van der Waals surface area (Å²) >= 11 is 6.34. The normalized spacial score (nSPS) is 10.9. The minimum atomic E-state index is -2.98. The number of nitrogens with one attached hydrogen (secondary N) is 1. The van der Waals surface area contributed by atoms with Gasteiger partial charge >= 0.3 is 6.61 Å². The fourth-order valence-electron chi connectivity index (χ4n) is 2.98. The summed E-state index contributed by atoms with van der Waals surface area (Å²) in [6.07, 6.45) is 0.359. The SMILES string of the molecule is COc1ccc(CCNC(=O)c2c(C)nn(-c3ccc(F)cc3)c2Cl)cc1OC(F)F. The number of hydrogen-bond acceptors (Lipinski definition) is 4. The molecular formula is C21H19ClF3N3O3. The van der Waals surface area contributed by atoms with Gasteiger partial charge in [-0.1, -0.05) is 17.7 Å². The van der Waals surface area contributed by atoms with Crippen molar-refractivity contribution in [3.05, 3.63) is 70.3 Å². The average molecular weight is 454 g/mol. The number of carbonyl (C=O) groups is 1. The maximum absolute atomic E-state index is 13.1. The number of aryl methyl sites for hydroxylation is 1. The van der Waals surface area contributed by atoms with Crippen LogP contribution in [0.3, 0.4) is 0 Å². The molecule has 3 rings (SSSR count). The zero-order chi connectivity index (χ0) is 22.5. The molecule has 6 nitrogen and oxygen atoms in total. The summed E-state index contributed by atoms with van der Waals surface area (Å²) in [7, 11) is 1.35. The topological polar surface area (TPSA) is 65.4 Å². The lowest BCUT2D eigenvalue weighted by molar-refractivity contribution is -0.0512. The molecule has 2 aromatic carbocycles. The van der Waals surface area contributed by atoms with Crippen LogP contribution in [0, 0.1) is 12.7 Å². The zero-order valence-corrected chi connectivity index (χ0v) is 17.4. The number of benzene rings is 2. The van der Waals surface area contributed by atoms with E-state index in [9.17, 15) is 18.0 Å². The van der Waals surface area contributed by atoms with Gasteiger partial charge in [-0.25, -0.2) is 9.07 Å². The number of nitrogens with zero attached hydrogens (tertiary/aromatic N) is 2. The number of carbonyl (C=O) groups excluding carboxylic acids is 1. The Labute approximate surface area is 181 Å². The molecule has 3 aromatic rings. The molecule has 0 aliphatic heterocycles. The smallest absolute Gasteiger partial charge is 0.387 e. The maximum Gasteiger partial charge on any atom is 0.387 e. The molecule has 1 N–H and O–H groups in total. The Morgan fingerprint density at radius 2 is 1.90 bits per heavy atom. The Morgan fingerprint density at radius 3 is 2.55 bits per heavy atom. The predicted molar refractivity (Wildman–Crippen MR) is 109 cm³/mol. The lowest BCUT2D eigenvalue weighted by Gasteiger charge is -2.12. The van der Waals surface area contributed by atoms with Gasteiger partial charge in [-0.15, -0.1) is 0 Å². The molecule has 1 heterocycles. The molecule has 1 aromatic heterocycles. The number of methoxy groups -OCH3 is 1. The van der Waals surface area contributed by atoms with Gasteiger partial charge in [0, 0.05) is 6.54 Å².